The van der Waals surface area contributed by atoms with Crippen LogP contribution in [0, 0.1) is 5.41 Å². The van der Waals surface area contributed by atoms with E-state index in [1.807, 2.05) is 32.1 Å². The first-order valence-electron chi connectivity index (χ1n) is 11.3. The Balaban J connectivity index is 2.01. The molecule has 0 aromatic carbocycles. The van der Waals surface area contributed by atoms with Gasteiger partial charge in [0.2, 0.25) is 6.29 Å². The van der Waals surface area contributed by atoms with E-state index in [1.54, 1.807) is 19.1 Å². The molecule has 0 amide bonds. The Labute approximate surface area is 204 Å². The fraction of sp³-hybridized carbons (Fsp3) is 0.500. The smallest absolute Gasteiger partial charge is 0.335 e. The number of hydrogen-bond acceptors (Lipinski definition) is 8. The first-order valence-corrected chi connectivity index (χ1v) is 11.3. The van der Waals surface area contributed by atoms with E-state index in [4.69, 9.17) is 14.6 Å². The molecule has 1 saturated heterocycles. The zero-order valence-electron chi connectivity index (χ0n) is 20.6. The highest BCUT2D eigenvalue weighted by atomic mass is 16.7. The number of aliphatic hydroxyl groups is 3. The summed E-state index contributed by atoms with van der Waals surface area (Å²) >= 11 is 0. The number of carbonyl (C=O) groups is 3. The number of carboxylic acid groups (broad SMARTS) is 1. The lowest BCUT2D eigenvalue weighted by atomic mass is 9.72. The van der Waals surface area contributed by atoms with Gasteiger partial charge in [0.1, 0.15) is 18.3 Å². The van der Waals surface area contributed by atoms with Crippen LogP contribution < -0.4 is 0 Å². The van der Waals surface area contributed by atoms with Gasteiger partial charge in [-0.15, -0.1) is 0 Å². The molecule has 0 radical (unpaired) electrons. The van der Waals surface area contributed by atoms with Gasteiger partial charge >= 0.3 is 11.9 Å². The Morgan fingerprint density at radius 3 is 2.34 bits per heavy atom. The molecule has 0 spiro atoms. The molecule has 0 aromatic rings. The maximum absolute atomic E-state index is 12.2. The Morgan fingerprint density at radius 2 is 1.71 bits per heavy atom. The molecule has 1 aliphatic heterocycles. The lowest BCUT2D eigenvalue weighted by Gasteiger charge is -2.37. The minimum Gasteiger partial charge on any atom is -0.479 e. The first-order chi connectivity index (χ1) is 16.2. The number of allylic oxidation sites excluding steroid dienone is 9. The number of hydrogen-bond donors (Lipinski definition) is 4. The summed E-state index contributed by atoms with van der Waals surface area (Å²) < 4.78 is 9.85. The van der Waals surface area contributed by atoms with E-state index in [2.05, 4.69) is 13.8 Å². The van der Waals surface area contributed by atoms with Crippen molar-refractivity contribution in [3.63, 3.8) is 0 Å². The molecule has 9 nitrogen and oxygen atoms in total. The summed E-state index contributed by atoms with van der Waals surface area (Å²) in [6.07, 6.45) is 2.45. The van der Waals surface area contributed by atoms with Gasteiger partial charge in [0.25, 0.3) is 0 Å². The Bertz CT molecular complexity index is 996. The zero-order valence-corrected chi connectivity index (χ0v) is 20.6. The SMILES string of the molecule is CC1=C(/C=C/C(C)=C/C=C/C(C)=C/C(=O)O[C@@H]2O[C@H](C(=O)O)[C@@H](O)[C@H](O)[C@H]2O)C(C)(C)CCC1=O. The fourth-order valence-corrected chi connectivity index (χ4v) is 3.91. The average Bonchev–Trinajstić information content (AvgIpc) is 2.76. The van der Waals surface area contributed by atoms with E-state index in [0.717, 1.165) is 29.2 Å². The van der Waals surface area contributed by atoms with Crippen molar-refractivity contribution in [2.45, 2.75) is 78.2 Å². The third-order valence-corrected chi connectivity index (χ3v) is 6.15. The van der Waals surface area contributed by atoms with Gasteiger partial charge < -0.3 is 29.9 Å². The Hall–Kier alpha value is -2.85. The van der Waals surface area contributed by atoms with Gasteiger partial charge in [0, 0.05) is 12.5 Å². The monoisotopic (exact) mass is 490 g/mol. The van der Waals surface area contributed by atoms with Gasteiger partial charge in [0.05, 0.1) is 0 Å². The molecule has 192 valence electrons. The van der Waals surface area contributed by atoms with Gasteiger partial charge in [-0.05, 0) is 49.3 Å². The van der Waals surface area contributed by atoms with E-state index in [9.17, 15) is 29.7 Å². The number of esters is 1. The van der Waals surface area contributed by atoms with Crippen LogP contribution in [0.25, 0.3) is 0 Å². The summed E-state index contributed by atoms with van der Waals surface area (Å²) in [4.78, 5) is 35.3. The quantitative estimate of drug-likeness (QED) is 0.239. The molecular formula is C26H34O9. The van der Waals surface area contributed by atoms with Crippen molar-refractivity contribution < 1.29 is 44.3 Å². The van der Waals surface area contributed by atoms with Crippen LogP contribution in [0.3, 0.4) is 0 Å². The van der Waals surface area contributed by atoms with Crippen molar-refractivity contribution in [3.05, 3.63) is 58.7 Å². The van der Waals surface area contributed by atoms with Crippen LogP contribution in [0.2, 0.25) is 0 Å². The van der Waals surface area contributed by atoms with Crippen molar-refractivity contribution in [1.82, 2.24) is 0 Å². The van der Waals surface area contributed by atoms with Gasteiger partial charge in [-0.25, -0.2) is 9.59 Å². The molecule has 1 heterocycles. The molecule has 0 saturated carbocycles. The molecular weight excluding hydrogens is 456 g/mol. The number of rotatable bonds is 7. The number of aliphatic carboxylic acids is 1. The summed E-state index contributed by atoms with van der Waals surface area (Å²) in [5.74, 6) is -2.31. The molecule has 0 unspecified atom stereocenters. The number of carboxylic acids is 1. The van der Waals surface area contributed by atoms with Gasteiger partial charge in [0.15, 0.2) is 11.9 Å². The van der Waals surface area contributed by atoms with Crippen LogP contribution in [0.4, 0.5) is 0 Å². The van der Waals surface area contributed by atoms with Crippen LogP contribution >= 0.6 is 0 Å². The van der Waals surface area contributed by atoms with E-state index in [0.29, 0.717) is 12.0 Å². The molecule has 0 bridgehead atoms. The topological polar surface area (TPSA) is 151 Å². The maximum Gasteiger partial charge on any atom is 0.335 e. The van der Waals surface area contributed by atoms with Crippen LogP contribution in [0.5, 0.6) is 0 Å². The predicted octanol–water partition coefficient (Wildman–Crippen LogP) is 2.13. The van der Waals surface area contributed by atoms with Gasteiger partial charge in [-0.2, -0.15) is 0 Å². The van der Waals surface area contributed by atoms with Crippen molar-refractivity contribution in [3.8, 4) is 0 Å². The van der Waals surface area contributed by atoms with Gasteiger partial charge in [-0.3, -0.25) is 4.79 Å². The number of carbonyl (C=O) groups excluding carboxylic acids is 2. The molecule has 1 aliphatic carbocycles. The highest BCUT2D eigenvalue weighted by Crippen LogP contribution is 2.39. The third-order valence-electron chi connectivity index (χ3n) is 6.15. The highest BCUT2D eigenvalue weighted by Gasteiger charge is 2.48. The van der Waals surface area contributed by atoms with Crippen LogP contribution in [0.15, 0.2) is 58.7 Å². The summed E-state index contributed by atoms with van der Waals surface area (Å²) in [5, 5.41) is 38.4. The number of Topliss-reactive ketones (excluding diaryl/α,β-unsaturated/α-hetero) is 1. The van der Waals surface area contributed by atoms with Crippen molar-refractivity contribution in [2.75, 3.05) is 0 Å². The van der Waals surface area contributed by atoms with Crippen molar-refractivity contribution in [2.24, 2.45) is 5.41 Å². The largest absolute Gasteiger partial charge is 0.479 e. The zero-order chi connectivity index (χ0) is 26.5. The molecule has 2 aliphatic rings. The first kappa shape index (κ1) is 28.4. The third kappa shape index (κ3) is 7.32. The average molecular weight is 491 g/mol. The molecule has 5 atom stereocenters. The Kier molecular flexibility index (Phi) is 9.51. The minimum atomic E-state index is -1.87. The lowest BCUT2D eigenvalue weighted by Crippen LogP contribution is -2.60. The molecule has 1 fully saturated rings. The molecule has 9 heteroatoms. The highest BCUT2D eigenvalue weighted by molar-refractivity contribution is 5.97. The summed E-state index contributed by atoms with van der Waals surface area (Å²) in [6.45, 7) is 9.64. The van der Waals surface area contributed by atoms with E-state index in [-0.39, 0.29) is 11.2 Å². The minimum absolute atomic E-state index is 0.0709. The fourth-order valence-electron chi connectivity index (χ4n) is 3.91. The molecule has 4 N–H and O–H groups in total. The van der Waals surface area contributed by atoms with Crippen molar-refractivity contribution >= 4 is 17.7 Å². The lowest BCUT2D eigenvalue weighted by molar-refractivity contribution is -0.284. The number of aliphatic hydroxyl groups excluding tert-OH is 3. The van der Waals surface area contributed by atoms with Crippen molar-refractivity contribution in [1.29, 1.82) is 0 Å². The second kappa shape index (κ2) is 11.7. The van der Waals surface area contributed by atoms with Crippen LogP contribution in [-0.2, 0) is 23.9 Å². The molecule has 35 heavy (non-hydrogen) atoms. The number of ether oxygens (including phenoxy) is 2. The van der Waals surface area contributed by atoms with Crippen LogP contribution in [0.1, 0.15) is 47.5 Å². The summed E-state index contributed by atoms with van der Waals surface area (Å²) in [6, 6.07) is 0. The molecule has 0 aromatic heterocycles. The standard InChI is InChI=1S/C26H34O9/c1-14(9-10-17-16(3)18(27)11-12-26(17,4)5)7-6-8-15(2)13-19(28)34-25-22(31)20(29)21(30)23(35-25)24(32)33/h6-10,13,20-23,25,29-31H,11-12H2,1-5H3,(H,32,33)/b8-6+,10-9+,14-7+,15-13+/t20-,21-,22+,23-,25+/m0/s1. The summed E-state index contributed by atoms with van der Waals surface area (Å²) in [5.41, 5.74) is 3.18. The summed E-state index contributed by atoms with van der Waals surface area (Å²) in [7, 11) is 0. The van der Waals surface area contributed by atoms with E-state index >= 15 is 0 Å². The van der Waals surface area contributed by atoms with Gasteiger partial charge in [-0.1, -0.05) is 49.8 Å². The normalized spacial score (nSPS) is 30.3. The second-order valence-corrected chi connectivity index (χ2v) is 9.51. The van der Waals surface area contributed by atoms with E-state index in [1.165, 1.54) is 0 Å². The maximum atomic E-state index is 12.2. The number of ketones is 1. The second-order valence-electron chi connectivity index (χ2n) is 9.51. The molecule has 2 rings (SSSR count). The van der Waals surface area contributed by atoms with E-state index < -0.39 is 42.6 Å². The Morgan fingerprint density at radius 1 is 1.06 bits per heavy atom. The predicted molar refractivity (Wildman–Crippen MR) is 127 cm³/mol. The van der Waals surface area contributed by atoms with Crippen LogP contribution in [-0.4, -0.2) is 68.9 Å².